The van der Waals surface area contributed by atoms with Gasteiger partial charge in [-0.25, -0.2) is 4.99 Å². The Hall–Kier alpha value is -4.14. The predicted molar refractivity (Wildman–Crippen MR) is 128 cm³/mol. The number of carbonyl (C=O) groups is 1. The zero-order chi connectivity index (χ0) is 25.0. The van der Waals surface area contributed by atoms with Crippen molar-refractivity contribution in [2.45, 2.75) is 26.4 Å². The number of aromatic nitrogens is 2. The van der Waals surface area contributed by atoms with Crippen molar-refractivity contribution in [2.75, 3.05) is 6.54 Å². The monoisotopic (exact) mass is 480 g/mol. The van der Waals surface area contributed by atoms with Gasteiger partial charge in [-0.15, -0.1) is 0 Å². The Bertz CT molecular complexity index is 1390. The van der Waals surface area contributed by atoms with Crippen molar-refractivity contribution in [3.05, 3.63) is 84.3 Å². The number of nitrogens with one attached hydrogen (secondary N) is 1. The summed E-state index contributed by atoms with van der Waals surface area (Å²) in [5, 5.41) is 3.64. The minimum absolute atomic E-state index is 0.218. The lowest BCUT2D eigenvalue weighted by Crippen LogP contribution is -2.24. The van der Waals surface area contributed by atoms with E-state index in [0.29, 0.717) is 23.9 Å². The van der Waals surface area contributed by atoms with E-state index >= 15 is 0 Å². The van der Waals surface area contributed by atoms with E-state index in [1.54, 1.807) is 35.9 Å². The van der Waals surface area contributed by atoms with Crippen LogP contribution in [-0.2, 0) is 6.18 Å². The van der Waals surface area contributed by atoms with Crippen LogP contribution in [0.5, 0.6) is 11.5 Å². The van der Waals surface area contributed by atoms with Gasteiger partial charge in [0.1, 0.15) is 23.0 Å². The second-order valence-corrected chi connectivity index (χ2v) is 7.85. The Labute approximate surface area is 200 Å². The van der Waals surface area contributed by atoms with Crippen LogP contribution < -0.4 is 10.1 Å². The van der Waals surface area contributed by atoms with Gasteiger partial charge < -0.3 is 14.6 Å². The normalized spacial score (nSPS) is 12.1. The number of hydrogen-bond acceptors (Lipinski definition) is 4. The molecule has 0 unspecified atom stereocenters. The average Bonchev–Trinajstić information content (AvgIpc) is 3.26. The molecule has 2 aromatic carbocycles. The highest BCUT2D eigenvalue weighted by molar-refractivity contribution is 5.95. The lowest BCUT2D eigenvalue weighted by molar-refractivity contribution is -0.137. The topological polar surface area (TPSA) is 68.5 Å². The number of amides is 1. The lowest BCUT2D eigenvalue weighted by Gasteiger charge is -2.10. The molecule has 1 N–H and O–H groups in total. The second-order valence-electron chi connectivity index (χ2n) is 7.85. The molecule has 0 aliphatic rings. The van der Waals surface area contributed by atoms with Gasteiger partial charge in [-0.05, 0) is 61.9 Å². The van der Waals surface area contributed by atoms with E-state index in [9.17, 15) is 18.0 Å². The molecule has 2 heterocycles. The van der Waals surface area contributed by atoms with Crippen molar-refractivity contribution in [3.63, 3.8) is 0 Å². The highest BCUT2D eigenvalue weighted by Crippen LogP contribution is 2.32. The molecule has 35 heavy (non-hydrogen) atoms. The molecule has 0 fully saturated rings. The van der Waals surface area contributed by atoms with Gasteiger partial charge in [0, 0.05) is 30.4 Å². The first kappa shape index (κ1) is 24.0. The van der Waals surface area contributed by atoms with Crippen LogP contribution in [0.15, 0.2) is 78.0 Å². The number of rotatable bonds is 6. The Morgan fingerprint density at radius 2 is 1.89 bits per heavy atom. The van der Waals surface area contributed by atoms with Crippen LogP contribution in [0.2, 0.25) is 0 Å². The van der Waals surface area contributed by atoms with Crippen LogP contribution in [-0.4, -0.2) is 27.8 Å². The molecule has 180 valence electrons. The van der Waals surface area contributed by atoms with Gasteiger partial charge in [-0.1, -0.05) is 13.0 Å². The summed E-state index contributed by atoms with van der Waals surface area (Å²) in [6.07, 6.45) is -0.293. The van der Waals surface area contributed by atoms with Crippen molar-refractivity contribution in [2.24, 2.45) is 4.99 Å². The standard InChI is InChI=1S/C26H23F3N4O2/c1-3-11-31-25(34)23-16-22(9-12-30-23)35-21-7-8-24-18(14-21)10-13-33(24)17(2)32-20-6-4-5-19(15-20)26(27,28)29/h4-10,12-16H,3,11H2,1-2H3,(H,31,34). The van der Waals surface area contributed by atoms with Crippen LogP contribution in [0.3, 0.4) is 0 Å². The first-order valence-corrected chi connectivity index (χ1v) is 11.0. The van der Waals surface area contributed by atoms with Crippen LogP contribution in [0.1, 0.15) is 36.3 Å². The highest BCUT2D eigenvalue weighted by atomic mass is 19.4. The van der Waals surface area contributed by atoms with Crippen molar-refractivity contribution in [3.8, 4) is 11.5 Å². The maximum absolute atomic E-state index is 13.0. The third-order valence-corrected chi connectivity index (χ3v) is 5.21. The summed E-state index contributed by atoms with van der Waals surface area (Å²) < 4.78 is 46.7. The number of ether oxygens (including phenoxy) is 1. The Balaban J connectivity index is 1.55. The SMILES string of the molecule is CCCNC(=O)c1cc(Oc2ccc3c(ccn3C(C)=Nc3cccc(C(F)(F)F)c3)c2)ccn1. The maximum atomic E-state index is 13.0. The molecule has 0 radical (unpaired) electrons. The molecule has 0 aliphatic carbocycles. The molecule has 4 rings (SSSR count). The quantitative estimate of drug-likeness (QED) is 0.250. The first-order chi connectivity index (χ1) is 16.7. The minimum Gasteiger partial charge on any atom is -0.457 e. The molecule has 0 aliphatic heterocycles. The van der Waals surface area contributed by atoms with Gasteiger partial charge in [0.25, 0.3) is 5.91 Å². The number of aliphatic imine (C=N–C) groups is 1. The molecule has 0 bridgehead atoms. The smallest absolute Gasteiger partial charge is 0.416 e. The van der Waals surface area contributed by atoms with E-state index in [1.165, 1.54) is 18.3 Å². The molecule has 2 aromatic heterocycles. The third-order valence-electron chi connectivity index (χ3n) is 5.21. The maximum Gasteiger partial charge on any atom is 0.416 e. The third kappa shape index (κ3) is 5.68. The van der Waals surface area contributed by atoms with Crippen molar-refractivity contribution < 1.29 is 22.7 Å². The molecule has 9 heteroatoms. The summed E-state index contributed by atoms with van der Waals surface area (Å²) >= 11 is 0. The summed E-state index contributed by atoms with van der Waals surface area (Å²) in [5.41, 5.74) is 0.563. The Kier molecular flexibility index (Phi) is 6.86. The molecular weight excluding hydrogens is 457 g/mol. The summed E-state index contributed by atoms with van der Waals surface area (Å²) in [5.74, 6) is 1.29. The summed E-state index contributed by atoms with van der Waals surface area (Å²) in [6, 6.07) is 15.5. The van der Waals surface area contributed by atoms with Gasteiger partial charge in [0.05, 0.1) is 16.8 Å². The number of benzene rings is 2. The van der Waals surface area contributed by atoms with Gasteiger partial charge in [-0.2, -0.15) is 13.2 Å². The molecule has 1 amide bonds. The van der Waals surface area contributed by atoms with Crippen molar-refractivity contribution in [1.29, 1.82) is 0 Å². The number of pyridine rings is 1. The number of fused-ring (bicyclic) bond motifs is 1. The molecule has 6 nitrogen and oxygen atoms in total. The number of nitrogens with zero attached hydrogens (tertiary/aromatic N) is 3. The molecule has 0 atom stereocenters. The van der Waals surface area contributed by atoms with Crippen molar-refractivity contribution >= 4 is 28.3 Å². The van der Waals surface area contributed by atoms with E-state index in [1.807, 2.05) is 25.1 Å². The minimum atomic E-state index is -4.43. The number of halogens is 3. The summed E-state index contributed by atoms with van der Waals surface area (Å²) in [7, 11) is 0. The predicted octanol–water partition coefficient (Wildman–Crippen LogP) is 6.59. The fraction of sp³-hybridized carbons (Fsp3) is 0.192. The zero-order valence-electron chi connectivity index (χ0n) is 19.1. The van der Waals surface area contributed by atoms with Gasteiger partial charge in [0.15, 0.2) is 0 Å². The van der Waals surface area contributed by atoms with Gasteiger partial charge >= 0.3 is 6.18 Å². The number of carbonyl (C=O) groups excluding carboxylic acids is 1. The molecule has 0 saturated carbocycles. The molecule has 0 saturated heterocycles. The van der Waals surface area contributed by atoms with Gasteiger partial charge in [0.2, 0.25) is 0 Å². The lowest BCUT2D eigenvalue weighted by atomic mass is 10.2. The van der Waals surface area contributed by atoms with Crippen LogP contribution in [0, 0.1) is 0 Å². The molecule has 0 spiro atoms. The van der Waals surface area contributed by atoms with Crippen LogP contribution in [0.25, 0.3) is 10.9 Å². The summed E-state index contributed by atoms with van der Waals surface area (Å²) in [6.45, 7) is 4.26. The average molecular weight is 480 g/mol. The summed E-state index contributed by atoms with van der Waals surface area (Å²) in [4.78, 5) is 20.6. The fourth-order valence-corrected chi connectivity index (χ4v) is 3.52. The van der Waals surface area contributed by atoms with Crippen LogP contribution >= 0.6 is 0 Å². The Morgan fingerprint density at radius 3 is 2.66 bits per heavy atom. The van der Waals surface area contributed by atoms with E-state index < -0.39 is 11.7 Å². The first-order valence-electron chi connectivity index (χ1n) is 11.0. The van der Waals surface area contributed by atoms with E-state index in [0.717, 1.165) is 29.5 Å². The van der Waals surface area contributed by atoms with E-state index in [2.05, 4.69) is 15.3 Å². The fourth-order valence-electron chi connectivity index (χ4n) is 3.52. The molecule has 4 aromatic rings. The van der Waals surface area contributed by atoms with Gasteiger partial charge in [-0.3, -0.25) is 9.78 Å². The number of alkyl halides is 3. The molecular formula is C26H23F3N4O2. The number of hydrogen-bond donors (Lipinski definition) is 1. The second kappa shape index (κ2) is 10.0. The highest BCUT2D eigenvalue weighted by Gasteiger charge is 2.30. The van der Waals surface area contributed by atoms with E-state index in [-0.39, 0.29) is 17.3 Å². The zero-order valence-corrected chi connectivity index (χ0v) is 19.1. The van der Waals surface area contributed by atoms with Crippen molar-refractivity contribution in [1.82, 2.24) is 14.9 Å². The van der Waals surface area contributed by atoms with E-state index in [4.69, 9.17) is 4.74 Å². The Morgan fingerprint density at radius 1 is 1.09 bits per heavy atom. The van der Waals surface area contributed by atoms with Crippen LogP contribution in [0.4, 0.5) is 18.9 Å². The largest absolute Gasteiger partial charge is 0.457 e.